The Kier molecular flexibility index (Phi) is 5.91. The van der Waals surface area contributed by atoms with E-state index in [1.54, 1.807) is 4.90 Å². The van der Waals surface area contributed by atoms with Crippen LogP contribution in [0.25, 0.3) is 0 Å². The summed E-state index contributed by atoms with van der Waals surface area (Å²) in [6.45, 7) is 6.51. The van der Waals surface area contributed by atoms with Crippen molar-refractivity contribution in [2.24, 2.45) is 11.7 Å². The van der Waals surface area contributed by atoms with Crippen LogP contribution in [-0.2, 0) is 4.79 Å². The third kappa shape index (κ3) is 5.35. The first-order valence-electron chi connectivity index (χ1n) is 6.53. The zero-order valence-electron chi connectivity index (χ0n) is 11.2. The van der Waals surface area contributed by atoms with Crippen molar-refractivity contribution in [3.05, 3.63) is 0 Å². The number of carbonyl (C=O) groups is 2. The van der Waals surface area contributed by atoms with E-state index >= 15 is 0 Å². The first kappa shape index (κ1) is 14.8. The number of rotatable bonds is 5. The first-order chi connectivity index (χ1) is 8.49. The lowest BCUT2D eigenvalue weighted by atomic mass is 10.1. The first-order valence-corrected chi connectivity index (χ1v) is 6.53. The monoisotopic (exact) mass is 256 g/mol. The fourth-order valence-corrected chi connectivity index (χ4v) is 1.92. The van der Waals surface area contributed by atoms with Crippen molar-refractivity contribution in [3.8, 4) is 0 Å². The van der Waals surface area contributed by atoms with Gasteiger partial charge in [-0.3, -0.25) is 4.79 Å². The van der Waals surface area contributed by atoms with E-state index in [1.165, 1.54) is 0 Å². The van der Waals surface area contributed by atoms with Gasteiger partial charge < -0.3 is 21.3 Å². The van der Waals surface area contributed by atoms with Crippen molar-refractivity contribution in [1.29, 1.82) is 0 Å². The highest BCUT2D eigenvalue weighted by Gasteiger charge is 2.21. The average molecular weight is 256 g/mol. The van der Waals surface area contributed by atoms with Crippen molar-refractivity contribution >= 4 is 11.9 Å². The van der Waals surface area contributed by atoms with Crippen LogP contribution in [0.5, 0.6) is 0 Å². The molecule has 0 aromatic heterocycles. The van der Waals surface area contributed by atoms with Crippen LogP contribution in [0.15, 0.2) is 0 Å². The van der Waals surface area contributed by atoms with E-state index in [-0.39, 0.29) is 11.9 Å². The van der Waals surface area contributed by atoms with E-state index < -0.39 is 0 Å². The standard InChI is InChI=1S/C12H24N4O2/c1-9(2)7-15-11(17)8-14-10-3-5-16(6-4-10)12(13)18/h9-10,14H,3-8H2,1-2H3,(H2,13,18)(H,15,17). The van der Waals surface area contributed by atoms with Gasteiger partial charge in [0.15, 0.2) is 0 Å². The Labute approximate surface area is 108 Å². The normalized spacial score (nSPS) is 16.9. The summed E-state index contributed by atoms with van der Waals surface area (Å²) in [5.74, 6) is 0.494. The van der Waals surface area contributed by atoms with Crippen LogP contribution in [0.1, 0.15) is 26.7 Å². The minimum atomic E-state index is -0.358. The van der Waals surface area contributed by atoms with E-state index in [1.807, 2.05) is 0 Å². The molecule has 6 nitrogen and oxygen atoms in total. The number of likely N-dealkylation sites (tertiary alicyclic amines) is 1. The third-order valence-electron chi connectivity index (χ3n) is 3.07. The van der Waals surface area contributed by atoms with Gasteiger partial charge in [-0.2, -0.15) is 0 Å². The Bertz CT molecular complexity index is 286. The number of amides is 3. The largest absolute Gasteiger partial charge is 0.355 e. The highest BCUT2D eigenvalue weighted by atomic mass is 16.2. The predicted octanol–water partition coefficient (Wildman–Crippen LogP) is -0.109. The molecule has 1 saturated heterocycles. The van der Waals surface area contributed by atoms with Gasteiger partial charge in [-0.05, 0) is 18.8 Å². The zero-order chi connectivity index (χ0) is 13.5. The molecule has 0 saturated carbocycles. The number of carbonyl (C=O) groups excluding carboxylic acids is 2. The summed E-state index contributed by atoms with van der Waals surface area (Å²) in [6, 6.07) is -0.0615. The number of nitrogens with two attached hydrogens (primary N) is 1. The van der Waals surface area contributed by atoms with Gasteiger partial charge in [0.2, 0.25) is 5.91 Å². The van der Waals surface area contributed by atoms with Crippen LogP contribution < -0.4 is 16.4 Å². The minimum absolute atomic E-state index is 0.0287. The second kappa shape index (κ2) is 7.20. The molecule has 1 rings (SSSR count). The summed E-state index contributed by atoms with van der Waals surface area (Å²) in [4.78, 5) is 24.1. The summed E-state index contributed by atoms with van der Waals surface area (Å²) in [7, 11) is 0. The molecule has 4 N–H and O–H groups in total. The summed E-state index contributed by atoms with van der Waals surface area (Å²) in [5, 5.41) is 6.08. The Balaban J connectivity index is 2.14. The molecule has 0 unspecified atom stereocenters. The van der Waals surface area contributed by atoms with Gasteiger partial charge in [0.05, 0.1) is 6.54 Å². The summed E-state index contributed by atoms with van der Waals surface area (Å²) < 4.78 is 0. The van der Waals surface area contributed by atoms with Gasteiger partial charge in [0.25, 0.3) is 0 Å². The average Bonchev–Trinajstić information content (AvgIpc) is 2.34. The molecule has 6 heteroatoms. The number of nitrogens with one attached hydrogen (secondary N) is 2. The second-order valence-electron chi connectivity index (χ2n) is 5.18. The summed E-state index contributed by atoms with van der Waals surface area (Å²) in [6.07, 6.45) is 1.70. The highest BCUT2D eigenvalue weighted by molar-refractivity contribution is 5.78. The molecular weight excluding hydrogens is 232 g/mol. The van der Waals surface area contributed by atoms with Crippen LogP contribution in [0.2, 0.25) is 0 Å². The Morgan fingerprint density at radius 3 is 2.44 bits per heavy atom. The molecule has 0 spiro atoms. The maximum atomic E-state index is 11.5. The Hall–Kier alpha value is -1.30. The lowest BCUT2D eigenvalue weighted by Crippen LogP contribution is -2.48. The topological polar surface area (TPSA) is 87.5 Å². The van der Waals surface area contributed by atoms with E-state index in [0.29, 0.717) is 38.1 Å². The third-order valence-corrected chi connectivity index (χ3v) is 3.07. The van der Waals surface area contributed by atoms with Gasteiger partial charge in [-0.25, -0.2) is 4.79 Å². The van der Waals surface area contributed by atoms with Crippen LogP contribution in [0.4, 0.5) is 4.79 Å². The molecular formula is C12H24N4O2. The number of hydrogen-bond acceptors (Lipinski definition) is 3. The SMILES string of the molecule is CC(C)CNC(=O)CNC1CCN(C(N)=O)CC1. The van der Waals surface area contributed by atoms with E-state index in [4.69, 9.17) is 5.73 Å². The van der Waals surface area contributed by atoms with Crippen molar-refractivity contribution in [1.82, 2.24) is 15.5 Å². The smallest absolute Gasteiger partial charge is 0.314 e. The van der Waals surface area contributed by atoms with Crippen molar-refractivity contribution in [2.45, 2.75) is 32.7 Å². The molecule has 0 atom stereocenters. The molecule has 0 aliphatic carbocycles. The maximum Gasteiger partial charge on any atom is 0.314 e. The molecule has 0 aromatic carbocycles. The molecule has 104 valence electrons. The second-order valence-corrected chi connectivity index (χ2v) is 5.18. The van der Waals surface area contributed by atoms with E-state index in [0.717, 1.165) is 12.8 Å². The van der Waals surface area contributed by atoms with Crippen LogP contribution in [-0.4, -0.2) is 49.1 Å². The zero-order valence-corrected chi connectivity index (χ0v) is 11.2. The van der Waals surface area contributed by atoms with Gasteiger partial charge in [-0.15, -0.1) is 0 Å². The highest BCUT2D eigenvalue weighted by Crippen LogP contribution is 2.09. The van der Waals surface area contributed by atoms with E-state index in [2.05, 4.69) is 24.5 Å². The molecule has 18 heavy (non-hydrogen) atoms. The van der Waals surface area contributed by atoms with Crippen molar-refractivity contribution in [3.63, 3.8) is 0 Å². The predicted molar refractivity (Wildman–Crippen MR) is 70.0 cm³/mol. The molecule has 1 aliphatic heterocycles. The van der Waals surface area contributed by atoms with Gasteiger partial charge >= 0.3 is 6.03 Å². The van der Waals surface area contributed by atoms with Gasteiger partial charge in [0, 0.05) is 25.7 Å². The molecule has 1 fully saturated rings. The lowest BCUT2D eigenvalue weighted by molar-refractivity contribution is -0.120. The number of nitrogens with zero attached hydrogens (tertiary/aromatic N) is 1. The molecule has 0 bridgehead atoms. The molecule has 0 aromatic rings. The molecule has 0 radical (unpaired) electrons. The van der Waals surface area contributed by atoms with Gasteiger partial charge in [-0.1, -0.05) is 13.8 Å². The number of piperidine rings is 1. The summed E-state index contributed by atoms with van der Waals surface area (Å²) in [5.41, 5.74) is 5.21. The lowest BCUT2D eigenvalue weighted by Gasteiger charge is -2.31. The Morgan fingerprint density at radius 2 is 1.94 bits per heavy atom. The fraction of sp³-hybridized carbons (Fsp3) is 0.833. The van der Waals surface area contributed by atoms with Gasteiger partial charge in [0.1, 0.15) is 0 Å². The fourth-order valence-electron chi connectivity index (χ4n) is 1.92. The number of hydrogen-bond donors (Lipinski definition) is 3. The molecule has 1 heterocycles. The number of urea groups is 1. The molecule has 3 amide bonds. The van der Waals surface area contributed by atoms with Crippen molar-refractivity contribution in [2.75, 3.05) is 26.2 Å². The van der Waals surface area contributed by atoms with Crippen LogP contribution in [0.3, 0.4) is 0 Å². The van der Waals surface area contributed by atoms with Crippen molar-refractivity contribution < 1.29 is 9.59 Å². The van der Waals surface area contributed by atoms with Crippen LogP contribution in [0, 0.1) is 5.92 Å². The minimum Gasteiger partial charge on any atom is -0.355 e. The quantitative estimate of drug-likeness (QED) is 0.641. The molecule has 1 aliphatic rings. The maximum absolute atomic E-state index is 11.5. The number of primary amides is 1. The Morgan fingerprint density at radius 1 is 1.33 bits per heavy atom. The van der Waals surface area contributed by atoms with Crippen LogP contribution >= 0.6 is 0 Å². The van der Waals surface area contributed by atoms with E-state index in [9.17, 15) is 9.59 Å². The summed E-state index contributed by atoms with van der Waals surface area (Å²) >= 11 is 0.